The number of aromatic nitrogens is 5. The molecule has 11 nitrogen and oxygen atoms in total. The van der Waals surface area contributed by atoms with E-state index < -0.39 is 11.6 Å². The van der Waals surface area contributed by atoms with Crippen molar-refractivity contribution in [2.45, 2.75) is 44.1 Å². The van der Waals surface area contributed by atoms with Gasteiger partial charge in [0.2, 0.25) is 0 Å². The molecule has 0 amide bonds. The Balaban J connectivity index is 1.50. The number of anilines is 1. The van der Waals surface area contributed by atoms with Crippen LogP contribution in [0.2, 0.25) is 0 Å². The molecule has 4 heterocycles. The Labute approximate surface area is 222 Å². The zero-order chi connectivity index (χ0) is 26.9. The highest BCUT2D eigenvalue weighted by Crippen LogP contribution is 2.42. The minimum atomic E-state index is -1.28. The lowest BCUT2D eigenvalue weighted by Crippen LogP contribution is -2.45. The summed E-state index contributed by atoms with van der Waals surface area (Å²) in [5, 5.41) is 16.3. The van der Waals surface area contributed by atoms with Crippen LogP contribution in [0.4, 0.5) is 5.82 Å². The minimum absolute atomic E-state index is 0.160. The van der Waals surface area contributed by atoms with Crippen molar-refractivity contribution >= 4 is 34.6 Å². The monoisotopic (exact) mass is 536 g/mol. The molecule has 0 saturated heterocycles. The third-order valence-corrected chi connectivity index (χ3v) is 7.65. The van der Waals surface area contributed by atoms with Gasteiger partial charge in [-0.3, -0.25) is 9.78 Å². The van der Waals surface area contributed by atoms with Gasteiger partial charge in [-0.25, -0.2) is 14.8 Å². The molecule has 1 aliphatic carbocycles. The number of carboxylic acid groups (broad SMARTS) is 1. The number of aliphatic carboxylic acids is 1. The first kappa shape index (κ1) is 25.9. The van der Waals surface area contributed by atoms with Crippen molar-refractivity contribution < 1.29 is 24.2 Å². The smallest absolute Gasteiger partial charge is 0.335 e. The first-order valence-corrected chi connectivity index (χ1v) is 13.2. The van der Waals surface area contributed by atoms with Gasteiger partial charge in [-0.2, -0.15) is 9.61 Å². The van der Waals surface area contributed by atoms with E-state index in [1.807, 2.05) is 17.5 Å². The van der Waals surface area contributed by atoms with Crippen LogP contribution in [-0.2, 0) is 14.3 Å². The number of fused-ring (bicyclic) bond motifs is 1. The van der Waals surface area contributed by atoms with Crippen molar-refractivity contribution in [2.75, 3.05) is 26.1 Å². The Bertz CT molecular complexity index is 1460. The van der Waals surface area contributed by atoms with E-state index in [1.165, 1.54) is 22.8 Å². The number of nitrogens with two attached hydrogens (primary N) is 1. The van der Waals surface area contributed by atoms with Crippen molar-refractivity contribution in [3.63, 3.8) is 0 Å². The molecule has 38 heavy (non-hydrogen) atoms. The second kappa shape index (κ2) is 10.6. The molecule has 198 valence electrons. The Kier molecular flexibility index (Phi) is 7.19. The fourth-order valence-electron chi connectivity index (χ4n) is 5.03. The number of carbonyl (C=O) groups excluding carboxylic acids is 1. The molecule has 0 unspecified atom stereocenters. The predicted octanol–water partition coefficient (Wildman–Crippen LogP) is 3.84. The Morgan fingerprint density at radius 3 is 2.58 bits per heavy atom. The fraction of sp³-hybridized carbons (Fsp3) is 0.385. The third-order valence-electron chi connectivity index (χ3n) is 7.07. The molecular weight excluding hydrogens is 508 g/mol. The predicted molar refractivity (Wildman–Crippen MR) is 141 cm³/mol. The number of ether oxygens (including phenoxy) is 2. The van der Waals surface area contributed by atoms with Crippen LogP contribution in [0.15, 0.2) is 35.4 Å². The molecule has 4 aromatic heterocycles. The third kappa shape index (κ3) is 4.66. The first-order chi connectivity index (χ1) is 18.3. The molecule has 0 atom stereocenters. The molecule has 0 radical (unpaired) electrons. The van der Waals surface area contributed by atoms with Gasteiger partial charge in [0.1, 0.15) is 5.82 Å². The van der Waals surface area contributed by atoms with E-state index in [2.05, 4.69) is 15.1 Å². The number of thiazole rings is 1. The summed E-state index contributed by atoms with van der Waals surface area (Å²) < 4.78 is 12.3. The van der Waals surface area contributed by atoms with E-state index in [-0.39, 0.29) is 37.0 Å². The van der Waals surface area contributed by atoms with Crippen LogP contribution in [0.1, 0.15) is 54.6 Å². The van der Waals surface area contributed by atoms with Crippen LogP contribution in [0.25, 0.3) is 28.2 Å². The summed E-state index contributed by atoms with van der Waals surface area (Å²) in [6.07, 6.45) is 4.93. The molecule has 1 fully saturated rings. The van der Waals surface area contributed by atoms with Crippen LogP contribution in [0, 0.1) is 0 Å². The quantitative estimate of drug-likeness (QED) is 0.238. The lowest BCUT2D eigenvalue weighted by Gasteiger charge is -2.37. The summed E-state index contributed by atoms with van der Waals surface area (Å²) in [7, 11) is 1.54. The van der Waals surface area contributed by atoms with Gasteiger partial charge in [0.05, 0.1) is 47.6 Å². The number of hydrogen-bond donors (Lipinski definition) is 2. The molecule has 1 aliphatic rings. The van der Waals surface area contributed by atoms with E-state index >= 15 is 0 Å². The maximum absolute atomic E-state index is 12.7. The highest BCUT2D eigenvalue weighted by molar-refractivity contribution is 7.07. The van der Waals surface area contributed by atoms with E-state index in [1.54, 1.807) is 25.0 Å². The number of nitrogens with zero attached hydrogens (tertiary/aromatic N) is 5. The molecule has 0 spiro atoms. The lowest BCUT2D eigenvalue weighted by atomic mass is 9.76. The number of methoxy groups -OCH3 is 1. The number of Topliss-reactive ketones (excluding diaryl/α,β-unsaturated/α-hetero) is 1. The van der Waals surface area contributed by atoms with Gasteiger partial charge in [0.15, 0.2) is 17.0 Å². The number of ketones is 1. The molecular formula is C26H28N6O5S. The Hall–Kier alpha value is -3.74. The standard InChI is InChI=1S/C26H28N6O5S/c1-15(33)21-22(16-5-7-26(8-6-16,25(34)35)37-10-9-36-2)31-24-18(12-30-32(24)23(21)27)17-3-4-19(28-11-17)20-13-38-14-29-20/h3-4,11-14,16H,5-10,27H2,1-2H3,(H,34,35). The summed E-state index contributed by atoms with van der Waals surface area (Å²) in [6.45, 7) is 1.95. The van der Waals surface area contributed by atoms with E-state index in [0.717, 1.165) is 22.5 Å². The lowest BCUT2D eigenvalue weighted by molar-refractivity contribution is -0.173. The Morgan fingerprint density at radius 1 is 1.18 bits per heavy atom. The van der Waals surface area contributed by atoms with Crippen LogP contribution in [-0.4, -0.2) is 67.3 Å². The molecule has 5 rings (SSSR count). The van der Waals surface area contributed by atoms with Crippen molar-refractivity contribution in [1.29, 1.82) is 0 Å². The minimum Gasteiger partial charge on any atom is -0.479 e. The number of hydrogen-bond acceptors (Lipinski definition) is 10. The van der Waals surface area contributed by atoms with Crippen molar-refractivity contribution in [1.82, 2.24) is 24.6 Å². The topological polar surface area (TPSA) is 155 Å². The van der Waals surface area contributed by atoms with Crippen molar-refractivity contribution in [3.8, 4) is 22.5 Å². The molecule has 0 bridgehead atoms. The van der Waals surface area contributed by atoms with Gasteiger partial charge in [0.25, 0.3) is 0 Å². The number of pyridine rings is 1. The molecule has 4 aromatic rings. The Morgan fingerprint density at radius 2 is 1.97 bits per heavy atom. The highest BCUT2D eigenvalue weighted by Gasteiger charge is 2.44. The van der Waals surface area contributed by atoms with Gasteiger partial charge >= 0.3 is 5.97 Å². The SMILES string of the molecule is COCCOC1(C(=O)O)CCC(c2nc3c(-c4ccc(-c5cscn5)nc4)cnn3c(N)c2C(C)=O)CC1. The first-order valence-electron chi connectivity index (χ1n) is 12.2. The largest absolute Gasteiger partial charge is 0.479 e. The van der Waals surface area contributed by atoms with Gasteiger partial charge in [-0.05, 0) is 38.7 Å². The van der Waals surface area contributed by atoms with Crippen LogP contribution in [0.3, 0.4) is 0 Å². The van der Waals surface area contributed by atoms with Gasteiger partial charge in [0, 0.05) is 35.7 Å². The maximum Gasteiger partial charge on any atom is 0.335 e. The van der Waals surface area contributed by atoms with Crippen molar-refractivity contribution in [3.05, 3.63) is 46.7 Å². The zero-order valence-corrected chi connectivity index (χ0v) is 21.9. The van der Waals surface area contributed by atoms with Gasteiger partial charge in [-0.15, -0.1) is 11.3 Å². The molecule has 1 saturated carbocycles. The number of carbonyl (C=O) groups is 2. The van der Waals surface area contributed by atoms with E-state index in [4.69, 9.17) is 20.2 Å². The maximum atomic E-state index is 12.7. The van der Waals surface area contributed by atoms with Crippen molar-refractivity contribution in [2.24, 2.45) is 0 Å². The molecule has 0 aromatic carbocycles. The zero-order valence-electron chi connectivity index (χ0n) is 21.1. The van der Waals surface area contributed by atoms with Crippen LogP contribution < -0.4 is 5.73 Å². The summed E-state index contributed by atoms with van der Waals surface area (Å²) in [5.41, 5.74) is 11.4. The fourth-order valence-corrected chi connectivity index (χ4v) is 5.58. The van der Waals surface area contributed by atoms with Crippen LogP contribution >= 0.6 is 11.3 Å². The summed E-state index contributed by atoms with van der Waals surface area (Å²) >= 11 is 1.50. The summed E-state index contributed by atoms with van der Waals surface area (Å²) in [4.78, 5) is 38.6. The van der Waals surface area contributed by atoms with Gasteiger partial charge < -0.3 is 20.3 Å². The molecule has 3 N–H and O–H groups in total. The van der Waals surface area contributed by atoms with E-state index in [0.29, 0.717) is 36.4 Å². The average Bonchev–Trinajstić information content (AvgIpc) is 3.60. The number of nitrogen functional groups attached to an aromatic ring is 1. The average molecular weight is 537 g/mol. The molecule has 12 heteroatoms. The summed E-state index contributed by atoms with van der Waals surface area (Å²) in [6, 6.07) is 3.81. The number of rotatable bonds is 9. The number of carboxylic acids is 1. The second-order valence-electron chi connectivity index (χ2n) is 9.33. The summed E-state index contributed by atoms with van der Waals surface area (Å²) in [5.74, 6) is -1.16. The second-order valence-corrected chi connectivity index (χ2v) is 10.0. The highest BCUT2D eigenvalue weighted by atomic mass is 32.1. The van der Waals surface area contributed by atoms with Gasteiger partial charge in [-0.1, -0.05) is 6.07 Å². The molecule has 0 aliphatic heterocycles. The van der Waals surface area contributed by atoms with Crippen LogP contribution in [0.5, 0.6) is 0 Å². The van der Waals surface area contributed by atoms with E-state index in [9.17, 15) is 14.7 Å². The normalized spacial score (nSPS) is 19.6.